The van der Waals surface area contributed by atoms with E-state index in [2.05, 4.69) is 27.9 Å². The van der Waals surface area contributed by atoms with Crippen molar-refractivity contribution in [2.45, 2.75) is 19.9 Å². The van der Waals surface area contributed by atoms with Crippen molar-refractivity contribution in [3.8, 4) is 5.75 Å². The lowest BCUT2D eigenvalue weighted by Crippen LogP contribution is -2.18. The second kappa shape index (κ2) is 5.85. The Bertz CT molecular complexity index is 498. The van der Waals surface area contributed by atoms with Crippen LogP contribution in [-0.4, -0.2) is 26.9 Å². The number of tetrazole rings is 1. The highest BCUT2D eigenvalue weighted by Gasteiger charge is 2.01. The van der Waals surface area contributed by atoms with Crippen LogP contribution in [0.2, 0.25) is 0 Å². The molecule has 0 fully saturated rings. The zero-order valence-corrected chi connectivity index (χ0v) is 10.2. The molecule has 0 amide bonds. The minimum absolute atomic E-state index is 0.230. The molecule has 7 nitrogen and oxygen atoms in total. The second-order valence-corrected chi connectivity index (χ2v) is 3.78. The number of nitrogen functional groups attached to an aromatic ring is 1. The van der Waals surface area contributed by atoms with Crippen LogP contribution in [0.15, 0.2) is 24.3 Å². The molecule has 96 valence electrons. The van der Waals surface area contributed by atoms with Crippen LogP contribution in [0.3, 0.4) is 0 Å². The summed E-state index contributed by atoms with van der Waals surface area (Å²) < 4.78 is 5.56. The first-order valence-corrected chi connectivity index (χ1v) is 5.79. The molecule has 0 saturated heterocycles. The number of hydrogen-bond donors (Lipinski definition) is 2. The van der Waals surface area contributed by atoms with Crippen LogP contribution in [0.25, 0.3) is 0 Å². The molecule has 0 spiro atoms. The summed E-state index contributed by atoms with van der Waals surface area (Å²) in [6, 6.07) is 7.85. The molecule has 0 saturated carbocycles. The lowest BCUT2D eigenvalue weighted by atomic mass is 10.2. The van der Waals surface area contributed by atoms with E-state index in [-0.39, 0.29) is 5.95 Å². The summed E-state index contributed by atoms with van der Waals surface area (Å²) in [5, 5.41) is 10.7. The fraction of sp³-hybridized carbons (Fsp3) is 0.364. The van der Waals surface area contributed by atoms with Crippen LogP contribution in [-0.2, 0) is 6.54 Å². The number of nitrogens with one attached hydrogen (secondary N) is 1. The lowest BCUT2D eigenvalue weighted by molar-refractivity contribution is 0.317. The minimum Gasteiger partial charge on any atom is -0.494 e. The molecule has 3 N–H and O–H groups in total. The molecule has 0 radical (unpaired) electrons. The number of benzene rings is 1. The highest BCUT2D eigenvalue weighted by Crippen LogP contribution is 2.13. The number of ether oxygens (including phenoxy) is 1. The van der Waals surface area contributed by atoms with Gasteiger partial charge >= 0.3 is 0 Å². The van der Waals surface area contributed by atoms with E-state index in [1.807, 2.05) is 24.3 Å². The maximum Gasteiger partial charge on any atom is 0.260 e. The SMILES string of the molecule is CCCOc1cccc(CNn2nnnc2N)c1. The Labute approximate surface area is 105 Å². The van der Waals surface area contributed by atoms with Gasteiger partial charge in [0.25, 0.3) is 5.95 Å². The van der Waals surface area contributed by atoms with Crippen molar-refractivity contribution in [3.63, 3.8) is 0 Å². The van der Waals surface area contributed by atoms with Crippen LogP contribution >= 0.6 is 0 Å². The number of hydrogen-bond acceptors (Lipinski definition) is 6. The fourth-order valence-corrected chi connectivity index (χ4v) is 1.44. The van der Waals surface area contributed by atoms with Crippen molar-refractivity contribution in [2.75, 3.05) is 17.8 Å². The predicted molar refractivity (Wildman–Crippen MR) is 67.5 cm³/mol. The van der Waals surface area contributed by atoms with E-state index >= 15 is 0 Å². The molecule has 7 heteroatoms. The normalized spacial score (nSPS) is 10.3. The Hall–Kier alpha value is -2.31. The zero-order valence-electron chi connectivity index (χ0n) is 10.2. The average Bonchev–Trinajstić information content (AvgIpc) is 2.80. The third-order valence-electron chi connectivity index (χ3n) is 2.30. The van der Waals surface area contributed by atoms with Crippen LogP contribution in [0, 0.1) is 0 Å². The average molecular weight is 248 g/mol. The summed E-state index contributed by atoms with van der Waals surface area (Å²) in [5.74, 6) is 1.09. The van der Waals surface area contributed by atoms with Crippen LogP contribution in [0.5, 0.6) is 5.75 Å². The molecule has 0 aliphatic heterocycles. The largest absolute Gasteiger partial charge is 0.494 e. The summed E-state index contributed by atoms with van der Waals surface area (Å²) >= 11 is 0. The molecule has 18 heavy (non-hydrogen) atoms. The van der Waals surface area contributed by atoms with Crippen LogP contribution in [0.4, 0.5) is 5.95 Å². The predicted octanol–water partition coefficient (Wildman–Crippen LogP) is 0.788. The van der Waals surface area contributed by atoms with E-state index in [1.54, 1.807) is 0 Å². The number of nitrogens with two attached hydrogens (primary N) is 1. The van der Waals surface area contributed by atoms with Gasteiger partial charge in [0.15, 0.2) is 0 Å². The van der Waals surface area contributed by atoms with Gasteiger partial charge in [0.1, 0.15) is 5.75 Å². The molecule has 1 aromatic carbocycles. The molecule has 2 rings (SSSR count). The molecule has 0 aliphatic rings. The van der Waals surface area contributed by atoms with Gasteiger partial charge in [-0.05, 0) is 34.5 Å². The van der Waals surface area contributed by atoms with E-state index in [1.165, 1.54) is 4.79 Å². The van der Waals surface area contributed by atoms with Crippen molar-refractivity contribution in [1.82, 2.24) is 20.3 Å². The van der Waals surface area contributed by atoms with Crippen LogP contribution in [0.1, 0.15) is 18.9 Å². The first-order chi connectivity index (χ1) is 8.79. The Morgan fingerprint density at radius 1 is 1.44 bits per heavy atom. The van der Waals surface area contributed by atoms with Crippen molar-refractivity contribution < 1.29 is 4.74 Å². The third-order valence-corrected chi connectivity index (χ3v) is 2.30. The monoisotopic (exact) mass is 248 g/mol. The molecule has 2 aromatic rings. The van der Waals surface area contributed by atoms with Gasteiger partial charge in [-0.3, -0.25) is 0 Å². The Morgan fingerprint density at radius 3 is 3.06 bits per heavy atom. The maximum atomic E-state index is 5.56. The lowest BCUT2D eigenvalue weighted by Gasteiger charge is -2.08. The van der Waals surface area contributed by atoms with Gasteiger partial charge in [0.2, 0.25) is 0 Å². The Kier molecular flexibility index (Phi) is 3.95. The molecule has 0 aliphatic carbocycles. The molecule has 0 atom stereocenters. The van der Waals surface area contributed by atoms with E-state index in [9.17, 15) is 0 Å². The second-order valence-electron chi connectivity index (χ2n) is 3.78. The quantitative estimate of drug-likeness (QED) is 0.785. The summed E-state index contributed by atoms with van der Waals surface area (Å²) in [6.07, 6.45) is 0.990. The van der Waals surface area contributed by atoms with Gasteiger partial charge in [0.05, 0.1) is 13.2 Å². The third kappa shape index (κ3) is 3.09. The van der Waals surface area contributed by atoms with Crippen molar-refractivity contribution in [3.05, 3.63) is 29.8 Å². The van der Waals surface area contributed by atoms with Gasteiger partial charge in [-0.1, -0.05) is 24.2 Å². The highest BCUT2D eigenvalue weighted by atomic mass is 16.5. The molecular weight excluding hydrogens is 232 g/mol. The molecule has 0 unspecified atom stereocenters. The fourth-order valence-electron chi connectivity index (χ4n) is 1.44. The Morgan fingerprint density at radius 2 is 2.33 bits per heavy atom. The van der Waals surface area contributed by atoms with Gasteiger partial charge in [-0.2, -0.15) is 0 Å². The molecular formula is C11H16N6O. The molecule has 1 heterocycles. The first-order valence-electron chi connectivity index (χ1n) is 5.79. The standard InChI is InChI=1S/C11H16N6O/c1-2-6-18-10-5-3-4-9(7-10)8-13-17-11(12)14-15-16-17/h3-5,7,13H,2,6,8H2,1H3,(H2,12,14,16). The highest BCUT2D eigenvalue weighted by molar-refractivity contribution is 5.29. The van der Waals surface area contributed by atoms with Crippen molar-refractivity contribution >= 4 is 5.95 Å². The Balaban J connectivity index is 1.95. The van der Waals surface area contributed by atoms with Gasteiger partial charge in [-0.25, -0.2) is 0 Å². The number of aromatic nitrogens is 4. The van der Waals surface area contributed by atoms with Crippen molar-refractivity contribution in [2.24, 2.45) is 0 Å². The first kappa shape index (κ1) is 12.2. The summed E-state index contributed by atoms with van der Waals surface area (Å²) in [4.78, 5) is 1.33. The van der Waals surface area contributed by atoms with E-state index < -0.39 is 0 Å². The molecule has 1 aromatic heterocycles. The van der Waals surface area contributed by atoms with E-state index in [0.29, 0.717) is 6.54 Å². The van der Waals surface area contributed by atoms with Crippen molar-refractivity contribution in [1.29, 1.82) is 0 Å². The summed E-state index contributed by atoms with van der Waals surface area (Å²) in [6.45, 7) is 3.36. The van der Waals surface area contributed by atoms with Gasteiger partial charge in [-0.15, -0.1) is 4.79 Å². The van der Waals surface area contributed by atoms with E-state index in [4.69, 9.17) is 10.5 Å². The summed E-state index contributed by atoms with van der Waals surface area (Å²) in [7, 11) is 0. The number of anilines is 1. The zero-order chi connectivity index (χ0) is 12.8. The topological polar surface area (TPSA) is 90.9 Å². The molecule has 0 bridgehead atoms. The van der Waals surface area contributed by atoms with Gasteiger partial charge in [0, 0.05) is 0 Å². The van der Waals surface area contributed by atoms with Crippen LogP contribution < -0.4 is 15.9 Å². The minimum atomic E-state index is 0.230. The number of nitrogens with zero attached hydrogens (tertiary/aromatic N) is 4. The van der Waals surface area contributed by atoms with Gasteiger partial charge < -0.3 is 15.9 Å². The van der Waals surface area contributed by atoms with E-state index in [0.717, 1.165) is 24.3 Å². The summed E-state index contributed by atoms with van der Waals surface area (Å²) in [5.41, 5.74) is 9.60. The number of rotatable bonds is 6. The smallest absolute Gasteiger partial charge is 0.260 e. The maximum absolute atomic E-state index is 5.56.